The summed E-state index contributed by atoms with van der Waals surface area (Å²) in [6, 6.07) is 7.14. The number of anilines is 1. The van der Waals surface area contributed by atoms with Gasteiger partial charge in [-0.1, -0.05) is 11.8 Å². The summed E-state index contributed by atoms with van der Waals surface area (Å²) in [4.78, 5) is 15.8. The van der Waals surface area contributed by atoms with Crippen molar-refractivity contribution in [2.45, 2.75) is 12.6 Å². The van der Waals surface area contributed by atoms with Crippen LogP contribution in [-0.2, 0) is 16.4 Å². The van der Waals surface area contributed by atoms with E-state index in [9.17, 15) is 26.4 Å². The van der Waals surface area contributed by atoms with E-state index >= 15 is 0 Å². The number of rotatable bonds is 6. The van der Waals surface area contributed by atoms with Crippen LogP contribution < -0.4 is 14.8 Å². The highest BCUT2D eigenvalue weighted by molar-refractivity contribution is 9.10. The number of carbonyl (C=O) groups is 1. The molecule has 3 aromatic rings. The zero-order valence-corrected chi connectivity index (χ0v) is 19.7. The molecular weight excluding hydrogens is 541 g/mol. The van der Waals surface area contributed by atoms with Crippen LogP contribution >= 0.6 is 15.9 Å². The molecule has 0 aliphatic carbocycles. The maximum absolute atomic E-state index is 13.2. The number of pyridine rings is 2. The Hall–Kier alpha value is -3.24. The minimum absolute atomic E-state index is 0.00151. The number of ether oxygens (including phenoxy) is 1. The van der Waals surface area contributed by atoms with Gasteiger partial charge < -0.3 is 14.5 Å². The van der Waals surface area contributed by atoms with Crippen LogP contribution in [-0.4, -0.2) is 49.7 Å². The fourth-order valence-electron chi connectivity index (χ4n) is 2.98. The molecule has 0 radical (unpaired) electrons. The molecule has 180 valence electrons. The van der Waals surface area contributed by atoms with E-state index < -0.39 is 47.1 Å². The molecule has 8 nitrogen and oxygen atoms in total. The Labute approximate surface area is 205 Å². The van der Waals surface area contributed by atoms with E-state index in [2.05, 4.69) is 38.1 Å². The van der Waals surface area contributed by atoms with Gasteiger partial charge in [0.15, 0.2) is 0 Å². The van der Waals surface area contributed by atoms with Gasteiger partial charge in [0, 0.05) is 21.9 Å². The number of carbonyl (C=O) groups excluding carboxylic acids is 1. The minimum atomic E-state index is -4.47. The summed E-state index contributed by atoms with van der Waals surface area (Å²) in [5.41, 5.74) is 0.173. The van der Waals surface area contributed by atoms with E-state index in [4.69, 9.17) is 8.85 Å². The maximum Gasteiger partial charge on any atom is 0.394 e. The molecule has 0 bridgehead atoms. The lowest BCUT2D eigenvalue weighted by atomic mass is 10.2. The third-order valence-corrected chi connectivity index (χ3v) is 5.52. The molecule has 0 aliphatic heterocycles. The number of nitrogens with zero attached hydrogens (tertiary/aromatic N) is 2. The Morgan fingerprint density at radius 1 is 1.35 bits per heavy atom. The molecule has 3 rings (SSSR count). The van der Waals surface area contributed by atoms with Gasteiger partial charge in [0.2, 0.25) is 15.9 Å². The first-order valence-electron chi connectivity index (χ1n) is 10.8. The molecule has 13 heteroatoms. The molecule has 0 spiro atoms. The van der Waals surface area contributed by atoms with E-state index in [0.29, 0.717) is 9.99 Å². The van der Waals surface area contributed by atoms with Crippen LogP contribution in [0.2, 0.25) is 0 Å². The molecule has 2 N–H and O–H groups in total. The van der Waals surface area contributed by atoms with E-state index in [1.165, 1.54) is 22.7 Å². The van der Waals surface area contributed by atoms with Gasteiger partial charge in [-0.2, -0.15) is 13.2 Å². The van der Waals surface area contributed by atoms with E-state index in [1.54, 1.807) is 16.9 Å². The van der Waals surface area contributed by atoms with E-state index in [0.717, 1.165) is 12.3 Å². The summed E-state index contributed by atoms with van der Waals surface area (Å²) in [7, 11) is -6.85. The molecule has 3 heterocycles. The summed E-state index contributed by atoms with van der Waals surface area (Å²) in [5, 5.41) is 2.73. The topological polar surface area (TPSA) is 102 Å². The number of nitrogens with one attached hydrogen (secondary N) is 2. The van der Waals surface area contributed by atoms with Crippen LogP contribution in [0.1, 0.15) is 25.9 Å². The first kappa shape index (κ1) is 21.3. The van der Waals surface area contributed by atoms with Crippen molar-refractivity contribution in [1.29, 1.82) is 0 Å². The second-order valence-electron chi connectivity index (χ2n) is 6.92. The molecule has 3 aromatic heterocycles. The van der Waals surface area contributed by atoms with Crippen molar-refractivity contribution in [3.8, 4) is 17.7 Å². The van der Waals surface area contributed by atoms with Gasteiger partial charge in [0.1, 0.15) is 5.69 Å². The molecule has 0 aliphatic rings. The molecule has 0 atom stereocenters. The predicted octanol–water partition coefficient (Wildman–Crippen LogP) is 3.36. The highest BCUT2D eigenvalue weighted by Crippen LogP contribution is 2.29. The van der Waals surface area contributed by atoms with Gasteiger partial charge in [-0.15, -0.1) is 0 Å². The molecule has 34 heavy (non-hydrogen) atoms. The third-order valence-electron chi connectivity index (χ3n) is 4.29. The van der Waals surface area contributed by atoms with E-state index in [-0.39, 0.29) is 23.5 Å². The Morgan fingerprint density at radius 2 is 2.12 bits per heavy atom. The highest BCUT2D eigenvalue weighted by Gasteiger charge is 2.30. The monoisotopic (exact) mass is 561 g/mol. The Balaban J connectivity index is 1.88. The smallest absolute Gasteiger partial charge is 0.394 e. The molecule has 0 fully saturated rings. The Bertz CT molecular complexity index is 1510. The Morgan fingerprint density at radius 3 is 2.79 bits per heavy atom. The molecule has 0 saturated heterocycles. The SMILES string of the molecule is [2H]C([2H])([2H])Oc1nc(C(=O)NS(C)(=O)=O)ccc1NCC#Cc1cc2c(Br)cccn2c1CC(F)(F)F. The molecule has 1 amide bonds. The van der Waals surface area contributed by atoms with Crippen LogP contribution in [0, 0.1) is 11.8 Å². The van der Waals surface area contributed by atoms with Crippen molar-refractivity contribution < 1.29 is 35.2 Å². The van der Waals surface area contributed by atoms with Crippen molar-refractivity contribution in [3.63, 3.8) is 0 Å². The number of hydrogen-bond acceptors (Lipinski definition) is 6. The highest BCUT2D eigenvalue weighted by atomic mass is 79.9. The van der Waals surface area contributed by atoms with Gasteiger partial charge in [-0.25, -0.2) is 18.1 Å². The van der Waals surface area contributed by atoms with Crippen molar-refractivity contribution >= 4 is 43.1 Å². The average molecular weight is 562 g/mol. The fourth-order valence-corrected chi connectivity index (χ4v) is 3.87. The predicted molar refractivity (Wildman–Crippen MR) is 123 cm³/mol. The van der Waals surface area contributed by atoms with Crippen LogP contribution in [0.15, 0.2) is 41.0 Å². The van der Waals surface area contributed by atoms with Crippen molar-refractivity contribution in [1.82, 2.24) is 14.1 Å². The summed E-state index contributed by atoms with van der Waals surface area (Å²) < 4.78 is 92.5. The lowest BCUT2D eigenvalue weighted by Crippen LogP contribution is -2.30. The molecular formula is C21H18BrF3N4O4S. The standard InChI is InChI=1S/C21H18BrF3N4O4S/c1-33-20-16(8-7-15(27-20)19(30)28-34(2,31)32)26-9-3-5-13-11-17-14(22)6-4-10-29(17)18(13)12-21(23,24)25/h4,6-8,10-11,26H,9,12H2,1-2H3,(H,28,30)/i1D3. The second kappa shape index (κ2) is 9.94. The lowest BCUT2D eigenvalue weighted by molar-refractivity contribution is -0.128. The van der Waals surface area contributed by atoms with Gasteiger partial charge in [0.25, 0.3) is 5.91 Å². The zero-order valence-electron chi connectivity index (χ0n) is 20.3. The summed E-state index contributed by atoms with van der Waals surface area (Å²) in [5.74, 6) is 3.73. The van der Waals surface area contributed by atoms with Gasteiger partial charge in [-0.3, -0.25) is 4.79 Å². The second-order valence-corrected chi connectivity index (χ2v) is 9.52. The van der Waals surface area contributed by atoms with Crippen LogP contribution in [0.3, 0.4) is 0 Å². The van der Waals surface area contributed by atoms with Crippen LogP contribution in [0.4, 0.5) is 18.9 Å². The molecule has 0 unspecified atom stereocenters. The number of hydrogen-bond donors (Lipinski definition) is 2. The first-order valence-corrected chi connectivity index (χ1v) is 12.0. The number of aromatic nitrogens is 2. The minimum Gasteiger partial charge on any atom is -0.480 e. The summed E-state index contributed by atoms with van der Waals surface area (Å²) in [6.07, 6.45) is -3.42. The number of alkyl halides is 3. The first-order chi connectivity index (χ1) is 17.0. The quantitative estimate of drug-likeness (QED) is 0.447. The maximum atomic E-state index is 13.2. The number of amides is 1. The molecule has 0 aromatic carbocycles. The van der Waals surface area contributed by atoms with Crippen LogP contribution in [0.25, 0.3) is 5.52 Å². The van der Waals surface area contributed by atoms with Crippen molar-refractivity contribution in [3.05, 3.63) is 58.0 Å². The third kappa shape index (κ3) is 6.42. The molecule has 0 saturated carbocycles. The summed E-state index contributed by atoms with van der Waals surface area (Å²) >= 11 is 3.31. The number of halogens is 4. The van der Waals surface area contributed by atoms with E-state index in [1.807, 2.05) is 0 Å². The van der Waals surface area contributed by atoms with Gasteiger partial charge in [0.05, 0.1) is 41.6 Å². The number of fused-ring (bicyclic) bond motifs is 1. The summed E-state index contributed by atoms with van der Waals surface area (Å²) in [6.45, 7) is -0.160. The fraction of sp³-hybridized carbons (Fsp3) is 0.238. The number of sulfonamides is 1. The Kier molecular flexibility index (Phi) is 6.23. The average Bonchev–Trinajstić information content (AvgIpc) is 3.07. The zero-order chi connectivity index (χ0) is 27.6. The van der Waals surface area contributed by atoms with Crippen molar-refractivity contribution in [2.75, 3.05) is 25.2 Å². The number of methoxy groups -OCH3 is 1. The van der Waals surface area contributed by atoms with Crippen molar-refractivity contribution in [2.24, 2.45) is 0 Å². The van der Waals surface area contributed by atoms with Crippen LogP contribution in [0.5, 0.6) is 5.88 Å². The lowest BCUT2D eigenvalue weighted by Gasteiger charge is -2.10. The largest absolute Gasteiger partial charge is 0.480 e. The van der Waals surface area contributed by atoms with Gasteiger partial charge in [-0.05, 0) is 46.3 Å². The van der Waals surface area contributed by atoms with Gasteiger partial charge >= 0.3 is 6.18 Å². The normalized spacial score (nSPS) is 13.3.